The summed E-state index contributed by atoms with van der Waals surface area (Å²) in [5.41, 5.74) is 2.42. The SMILES string of the molecule is COc1cccc2c(=O)cc(-c3ccc4c(c3)OCO4)n(C)c12. The van der Waals surface area contributed by atoms with Gasteiger partial charge in [-0.3, -0.25) is 4.79 Å². The van der Waals surface area contributed by atoms with Gasteiger partial charge in [-0.15, -0.1) is 0 Å². The Labute approximate surface area is 132 Å². The third-order valence-electron chi connectivity index (χ3n) is 4.12. The third kappa shape index (κ3) is 2.04. The van der Waals surface area contributed by atoms with Crippen molar-refractivity contribution in [3.63, 3.8) is 0 Å². The van der Waals surface area contributed by atoms with Crippen LogP contribution in [0.1, 0.15) is 0 Å². The van der Waals surface area contributed by atoms with E-state index in [0.29, 0.717) is 16.9 Å². The van der Waals surface area contributed by atoms with Gasteiger partial charge in [-0.1, -0.05) is 6.07 Å². The molecule has 0 atom stereocenters. The lowest BCUT2D eigenvalue weighted by Gasteiger charge is -2.15. The summed E-state index contributed by atoms with van der Waals surface area (Å²) in [5.74, 6) is 2.08. The maximum absolute atomic E-state index is 12.5. The number of methoxy groups -OCH3 is 1. The summed E-state index contributed by atoms with van der Waals surface area (Å²) in [7, 11) is 3.52. The molecule has 0 saturated carbocycles. The highest BCUT2D eigenvalue weighted by Crippen LogP contribution is 2.36. The lowest BCUT2D eigenvalue weighted by Crippen LogP contribution is -2.10. The van der Waals surface area contributed by atoms with Crippen molar-refractivity contribution in [2.24, 2.45) is 7.05 Å². The molecule has 4 rings (SSSR count). The van der Waals surface area contributed by atoms with Crippen LogP contribution in [0.3, 0.4) is 0 Å². The summed E-state index contributed by atoms with van der Waals surface area (Å²) in [6.07, 6.45) is 0. The van der Waals surface area contributed by atoms with Gasteiger partial charge in [0.15, 0.2) is 16.9 Å². The Hall–Kier alpha value is -2.95. The molecule has 0 N–H and O–H groups in total. The van der Waals surface area contributed by atoms with E-state index in [1.165, 1.54) is 0 Å². The second-order valence-electron chi connectivity index (χ2n) is 5.38. The Morgan fingerprint density at radius 2 is 1.91 bits per heavy atom. The van der Waals surface area contributed by atoms with Crippen LogP contribution in [0.2, 0.25) is 0 Å². The summed E-state index contributed by atoms with van der Waals surface area (Å²) in [6.45, 7) is 0.225. The van der Waals surface area contributed by atoms with Crippen molar-refractivity contribution in [2.45, 2.75) is 0 Å². The van der Waals surface area contributed by atoms with Crippen molar-refractivity contribution < 1.29 is 14.2 Å². The second-order valence-corrected chi connectivity index (χ2v) is 5.38. The average molecular weight is 309 g/mol. The van der Waals surface area contributed by atoms with E-state index in [-0.39, 0.29) is 12.2 Å². The van der Waals surface area contributed by atoms with Gasteiger partial charge in [0.2, 0.25) is 6.79 Å². The first-order valence-corrected chi connectivity index (χ1v) is 7.26. The van der Waals surface area contributed by atoms with E-state index in [9.17, 15) is 4.79 Å². The lowest BCUT2D eigenvalue weighted by molar-refractivity contribution is 0.174. The molecule has 5 heteroatoms. The zero-order valence-corrected chi connectivity index (χ0v) is 12.8. The van der Waals surface area contributed by atoms with Gasteiger partial charge in [0.1, 0.15) is 5.75 Å². The van der Waals surface area contributed by atoms with E-state index < -0.39 is 0 Å². The maximum Gasteiger partial charge on any atom is 0.231 e. The molecular weight excluding hydrogens is 294 g/mol. The van der Waals surface area contributed by atoms with Crippen molar-refractivity contribution in [2.75, 3.05) is 13.9 Å². The normalized spacial score (nSPS) is 12.6. The molecule has 1 aliphatic heterocycles. The number of aromatic nitrogens is 1. The van der Waals surface area contributed by atoms with E-state index in [0.717, 1.165) is 22.5 Å². The summed E-state index contributed by atoms with van der Waals surface area (Å²) in [4.78, 5) is 12.5. The lowest BCUT2D eigenvalue weighted by atomic mass is 10.1. The number of hydrogen-bond donors (Lipinski definition) is 0. The molecule has 5 nitrogen and oxygen atoms in total. The average Bonchev–Trinajstić information content (AvgIpc) is 3.05. The molecule has 3 aromatic rings. The number of benzene rings is 2. The molecule has 1 aromatic heterocycles. The summed E-state index contributed by atoms with van der Waals surface area (Å²) in [6, 6.07) is 12.8. The molecular formula is C18H15NO4. The van der Waals surface area contributed by atoms with Gasteiger partial charge in [-0.25, -0.2) is 0 Å². The van der Waals surface area contributed by atoms with Crippen molar-refractivity contribution in [1.29, 1.82) is 0 Å². The van der Waals surface area contributed by atoms with Crippen molar-refractivity contribution in [1.82, 2.24) is 4.57 Å². The van der Waals surface area contributed by atoms with Gasteiger partial charge < -0.3 is 18.8 Å². The minimum Gasteiger partial charge on any atom is -0.495 e. The molecule has 2 aromatic carbocycles. The first kappa shape index (κ1) is 13.7. The van der Waals surface area contributed by atoms with Crippen molar-refractivity contribution in [3.05, 3.63) is 52.7 Å². The Balaban J connectivity index is 2.01. The fourth-order valence-corrected chi connectivity index (χ4v) is 2.98. The number of aryl methyl sites for hydroxylation is 1. The quantitative estimate of drug-likeness (QED) is 0.730. The van der Waals surface area contributed by atoms with Crippen LogP contribution >= 0.6 is 0 Å². The maximum atomic E-state index is 12.5. The number of hydrogen-bond acceptors (Lipinski definition) is 4. The number of pyridine rings is 1. The summed E-state index contributed by atoms with van der Waals surface area (Å²) in [5, 5.41) is 0.636. The molecule has 0 saturated heterocycles. The van der Waals surface area contributed by atoms with E-state index in [1.807, 2.05) is 48.0 Å². The standard InChI is InChI=1S/C18H15NO4/c1-19-13(11-6-7-15-17(8-11)23-10-22-15)9-14(20)12-4-3-5-16(21-2)18(12)19/h3-9H,10H2,1-2H3. The Bertz CT molecular complexity index is 975. The van der Waals surface area contributed by atoms with E-state index >= 15 is 0 Å². The third-order valence-corrected chi connectivity index (χ3v) is 4.12. The number of fused-ring (bicyclic) bond motifs is 2. The largest absolute Gasteiger partial charge is 0.495 e. The van der Waals surface area contributed by atoms with Gasteiger partial charge in [-0.05, 0) is 30.3 Å². The molecule has 23 heavy (non-hydrogen) atoms. The molecule has 0 spiro atoms. The predicted octanol–water partition coefficient (Wildman–Crippen LogP) is 2.94. The highest BCUT2D eigenvalue weighted by atomic mass is 16.7. The zero-order valence-electron chi connectivity index (χ0n) is 12.8. The molecule has 0 radical (unpaired) electrons. The molecule has 0 fully saturated rings. The second kappa shape index (κ2) is 5.05. The van der Waals surface area contributed by atoms with Crippen LogP contribution in [-0.2, 0) is 7.05 Å². The highest BCUT2D eigenvalue weighted by molar-refractivity contribution is 5.87. The zero-order chi connectivity index (χ0) is 16.0. The van der Waals surface area contributed by atoms with Crippen LogP contribution in [0.25, 0.3) is 22.2 Å². The number of nitrogens with zero attached hydrogens (tertiary/aromatic N) is 1. The van der Waals surface area contributed by atoms with Crippen molar-refractivity contribution >= 4 is 10.9 Å². The van der Waals surface area contributed by atoms with Crippen LogP contribution in [0.5, 0.6) is 17.2 Å². The number of ether oxygens (including phenoxy) is 3. The molecule has 2 heterocycles. The Morgan fingerprint density at radius 1 is 1.09 bits per heavy atom. The minimum atomic E-state index is -0.0373. The Kier molecular flexibility index (Phi) is 3.01. The van der Waals surface area contributed by atoms with E-state index in [1.54, 1.807) is 13.2 Å². The van der Waals surface area contributed by atoms with Crippen LogP contribution in [0, 0.1) is 0 Å². The Morgan fingerprint density at radius 3 is 2.74 bits per heavy atom. The van der Waals surface area contributed by atoms with Gasteiger partial charge in [0.25, 0.3) is 0 Å². The molecule has 116 valence electrons. The van der Waals surface area contributed by atoms with Gasteiger partial charge in [-0.2, -0.15) is 0 Å². The van der Waals surface area contributed by atoms with Gasteiger partial charge in [0, 0.05) is 24.1 Å². The van der Waals surface area contributed by atoms with E-state index in [2.05, 4.69) is 0 Å². The predicted molar refractivity (Wildman–Crippen MR) is 87.3 cm³/mol. The molecule has 0 bridgehead atoms. The minimum absolute atomic E-state index is 0.0373. The topological polar surface area (TPSA) is 49.7 Å². The summed E-state index contributed by atoms with van der Waals surface area (Å²) >= 11 is 0. The first-order chi connectivity index (χ1) is 11.2. The highest BCUT2D eigenvalue weighted by Gasteiger charge is 2.17. The number of para-hydroxylation sites is 1. The van der Waals surface area contributed by atoms with Crippen LogP contribution in [0.15, 0.2) is 47.3 Å². The molecule has 1 aliphatic rings. The fraction of sp³-hybridized carbons (Fsp3) is 0.167. The van der Waals surface area contributed by atoms with E-state index in [4.69, 9.17) is 14.2 Å². The fourth-order valence-electron chi connectivity index (χ4n) is 2.98. The molecule has 0 aliphatic carbocycles. The number of rotatable bonds is 2. The van der Waals surface area contributed by atoms with Gasteiger partial charge in [0.05, 0.1) is 18.3 Å². The van der Waals surface area contributed by atoms with Gasteiger partial charge >= 0.3 is 0 Å². The smallest absolute Gasteiger partial charge is 0.231 e. The first-order valence-electron chi connectivity index (χ1n) is 7.26. The van der Waals surface area contributed by atoms with Crippen molar-refractivity contribution in [3.8, 4) is 28.5 Å². The van der Waals surface area contributed by atoms with Crippen LogP contribution in [0.4, 0.5) is 0 Å². The molecule has 0 amide bonds. The monoisotopic (exact) mass is 309 g/mol. The molecule has 0 unspecified atom stereocenters. The summed E-state index contributed by atoms with van der Waals surface area (Å²) < 4.78 is 18.2. The van der Waals surface area contributed by atoms with Crippen LogP contribution < -0.4 is 19.6 Å². The van der Waals surface area contributed by atoms with Crippen LogP contribution in [-0.4, -0.2) is 18.5 Å².